The van der Waals surface area contributed by atoms with Crippen molar-refractivity contribution in [2.75, 3.05) is 19.3 Å². The summed E-state index contributed by atoms with van der Waals surface area (Å²) in [6.07, 6.45) is 7.48. The molecule has 1 saturated carbocycles. The molecule has 118 valence electrons. The van der Waals surface area contributed by atoms with Gasteiger partial charge in [0.2, 0.25) is 15.9 Å². The molecule has 1 N–H and O–H groups in total. The lowest BCUT2D eigenvalue weighted by molar-refractivity contribution is -0.122. The van der Waals surface area contributed by atoms with Crippen molar-refractivity contribution in [3.05, 3.63) is 0 Å². The number of nitrogens with one attached hydrogen (secondary N) is 1. The highest BCUT2D eigenvalue weighted by molar-refractivity contribution is 7.88. The number of sulfonamides is 1. The standard InChI is InChI=1S/C14H28N2O3S/c1-12(2)9-10-16(20(3,18)19)11-14(17)15-13-7-5-4-6-8-13/h12-13H,4-11H2,1-3H3,(H,15,17). The van der Waals surface area contributed by atoms with Gasteiger partial charge in [0.05, 0.1) is 12.8 Å². The molecule has 0 aliphatic heterocycles. The summed E-state index contributed by atoms with van der Waals surface area (Å²) in [5, 5.41) is 2.96. The molecule has 0 aromatic heterocycles. The Balaban J connectivity index is 2.48. The van der Waals surface area contributed by atoms with Gasteiger partial charge in [-0.15, -0.1) is 0 Å². The van der Waals surface area contributed by atoms with E-state index in [1.54, 1.807) is 0 Å². The molecular formula is C14H28N2O3S. The molecule has 1 aliphatic rings. The normalized spacial score (nSPS) is 17.6. The summed E-state index contributed by atoms with van der Waals surface area (Å²) in [4.78, 5) is 12.0. The van der Waals surface area contributed by atoms with Gasteiger partial charge < -0.3 is 5.32 Å². The van der Waals surface area contributed by atoms with Gasteiger partial charge in [-0.3, -0.25) is 4.79 Å². The van der Waals surface area contributed by atoms with Crippen LogP contribution in [0.5, 0.6) is 0 Å². The van der Waals surface area contributed by atoms with E-state index in [9.17, 15) is 13.2 Å². The van der Waals surface area contributed by atoms with E-state index in [1.807, 2.05) is 13.8 Å². The summed E-state index contributed by atoms with van der Waals surface area (Å²) in [7, 11) is -3.32. The van der Waals surface area contributed by atoms with E-state index in [2.05, 4.69) is 5.32 Å². The maximum absolute atomic E-state index is 12.0. The maximum Gasteiger partial charge on any atom is 0.235 e. The second-order valence-electron chi connectivity index (χ2n) is 6.18. The van der Waals surface area contributed by atoms with Crippen LogP contribution in [-0.2, 0) is 14.8 Å². The summed E-state index contributed by atoms with van der Waals surface area (Å²) in [6.45, 7) is 4.45. The largest absolute Gasteiger partial charge is 0.352 e. The lowest BCUT2D eigenvalue weighted by Gasteiger charge is -2.25. The number of carbonyl (C=O) groups is 1. The van der Waals surface area contributed by atoms with Gasteiger partial charge in [0.15, 0.2) is 0 Å². The molecule has 1 rings (SSSR count). The highest BCUT2D eigenvalue weighted by atomic mass is 32.2. The average molecular weight is 304 g/mol. The van der Waals surface area contributed by atoms with Crippen LogP contribution in [0.4, 0.5) is 0 Å². The highest BCUT2D eigenvalue weighted by Gasteiger charge is 2.22. The van der Waals surface area contributed by atoms with Gasteiger partial charge in [0, 0.05) is 12.6 Å². The smallest absolute Gasteiger partial charge is 0.235 e. The van der Waals surface area contributed by atoms with E-state index in [0.29, 0.717) is 12.5 Å². The Morgan fingerprint density at radius 3 is 2.35 bits per heavy atom. The predicted molar refractivity (Wildman–Crippen MR) is 80.9 cm³/mol. The molecule has 0 bridgehead atoms. The molecule has 0 radical (unpaired) electrons. The first-order valence-corrected chi connectivity index (χ1v) is 9.38. The molecule has 0 heterocycles. The first kappa shape index (κ1) is 17.4. The molecule has 0 spiro atoms. The summed E-state index contributed by atoms with van der Waals surface area (Å²) in [6, 6.07) is 0.225. The molecule has 1 aliphatic carbocycles. The van der Waals surface area contributed by atoms with Gasteiger partial charge >= 0.3 is 0 Å². The van der Waals surface area contributed by atoms with Crippen LogP contribution in [0.1, 0.15) is 52.4 Å². The minimum Gasteiger partial charge on any atom is -0.352 e. The number of amides is 1. The molecule has 0 atom stereocenters. The minimum absolute atomic E-state index is 0.0535. The van der Waals surface area contributed by atoms with Crippen LogP contribution < -0.4 is 5.32 Å². The molecule has 1 amide bonds. The fourth-order valence-corrected chi connectivity index (χ4v) is 3.23. The number of carbonyl (C=O) groups excluding carboxylic acids is 1. The predicted octanol–water partition coefficient (Wildman–Crippen LogP) is 1.74. The zero-order chi connectivity index (χ0) is 15.2. The number of rotatable bonds is 7. The Hall–Kier alpha value is -0.620. The van der Waals surface area contributed by atoms with Crippen LogP contribution >= 0.6 is 0 Å². The Kier molecular flexibility index (Phi) is 6.95. The zero-order valence-electron chi connectivity index (χ0n) is 12.9. The SMILES string of the molecule is CC(C)CCN(CC(=O)NC1CCCCC1)S(C)(=O)=O. The van der Waals surface area contributed by atoms with E-state index >= 15 is 0 Å². The van der Waals surface area contributed by atoms with Crippen molar-refractivity contribution < 1.29 is 13.2 Å². The molecule has 6 heteroatoms. The van der Waals surface area contributed by atoms with Crippen molar-refractivity contribution in [2.24, 2.45) is 5.92 Å². The Labute approximate surface area is 123 Å². The lowest BCUT2D eigenvalue weighted by Crippen LogP contribution is -2.44. The van der Waals surface area contributed by atoms with E-state index in [1.165, 1.54) is 17.0 Å². The van der Waals surface area contributed by atoms with E-state index in [0.717, 1.165) is 32.1 Å². The van der Waals surface area contributed by atoms with Crippen LogP contribution in [0.2, 0.25) is 0 Å². The van der Waals surface area contributed by atoms with Crippen molar-refractivity contribution in [1.82, 2.24) is 9.62 Å². The average Bonchev–Trinajstić information content (AvgIpc) is 2.34. The first-order chi connectivity index (χ1) is 9.29. The lowest BCUT2D eigenvalue weighted by atomic mass is 9.95. The molecule has 5 nitrogen and oxygen atoms in total. The molecule has 20 heavy (non-hydrogen) atoms. The van der Waals surface area contributed by atoms with Gasteiger partial charge in [-0.2, -0.15) is 4.31 Å². The van der Waals surface area contributed by atoms with Gasteiger partial charge in [-0.1, -0.05) is 33.1 Å². The maximum atomic E-state index is 12.0. The third-order valence-corrected chi connectivity index (χ3v) is 4.96. The summed E-state index contributed by atoms with van der Waals surface area (Å²) >= 11 is 0. The monoisotopic (exact) mass is 304 g/mol. The van der Waals surface area contributed by atoms with Crippen LogP contribution in [0, 0.1) is 5.92 Å². The van der Waals surface area contributed by atoms with Gasteiger partial charge in [0.1, 0.15) is 0 Å². The molecule has 0 aromatic rings. The highest BCUT2D eigenvalue weighted by Crippen LogP contribution is 2.17. The molecular weight excluding hydrogens is 276 g/mol. The molecule has 0 aromatic carbocycles. The fraction of sp³-hybridized carbons (Fsp3) is 0.929. The molecule has 1 fully saturated rings. The van der Waals surface area contributed by atoms with Crippen LogP contribution in [0.3, 0.4) is 0 Å². The Morgan fingerprint density at radius 2 is 1.85 bits per heavy atom. The topological polar surface area (TPSA) is 66.5 Å². The van der Waals surface area contributed by atoms with Crippen molar-refractivity contribution >= 4 is 15.9 Å². The van der Waals surface area contributed by atoms with Crippen molar-refractivity contribution in [3.8, 4) is 0 Å². The first-order valence-electron chi connectivity index (χ1n) is 7.53. The van der Waals surface area contributed by atoms with Crippen LogP contribution in [-0.4, -0.2) is 44.0 Å². The summed E-state index contributed by atoms with van der Waals surface area (Å²) in [5.41, 5.74) is 0. The van der Waals surface area contributed by atoms with Gasteiger partial charge in [-0.25, -0.2) is 8.42 Å². The van der Waals surface area contributed by atoms with Crippen molar-refractivity contribution in [1.29, 1.82) is 0 Å². The summed E-state index contributed by atoms with van der Waals surface area (Å²) in [5.74, 6) is 0.242. The van der Waals surface area contributed by atoms with Crippen LogP contribution in [0.15, 0.2) is 0 Å². The van der Waals surface area contributed by atoms with Crippen molar-refractivity contribution in [3.63, 3.8) is 0 Å². The summed E-state index contributed by atoms with van der Waals surface area (Å²) < 4.78 is 24.7. The number of hydrogen-bond acceptors (Lipinski definition) is 3. The Bertz CT molecular complexity index is 401. The van der Waals surface area contributed by atoms with E-state index in [-0.39, 0.29) is 18.5 Å². The van der Waals surface area contributed by atoms with Gasteiger partial charge in [0.25, 0.3) is 0 Å². The number of hydrogen-bond donors (Lipinski definition) is 1. The fourth-order valence-electron chi connectivity index (χ4n) is 2.44. The third-order valence-electron chi connectivity index (χ3n) is 3.72. The second kappa shape index (κ2) is 7.98. The molecule has 0 saturated heterocycles. The van der Waals surface area contributed by atoms with E-state index < -0.39 is 10.0 Å². The van der Waals surface area contributed by atoms with Crippen molar-refractivity contribution in [2.45, 2.75) is 58.4 Å². The van der Waals surface area contributed by atoms with Gasteiger partial charge in [-0.05, 0) is 25.2 Å². The third kappa shape index (κ3) is 6.70. The van der Waals surface area contributed by atoms with E-state index in [4.69, 9.17) is 0 Å². The molecule has 0 unspecified atom stereocenters. The zero-order valence-corrected chi connectivity index (χ0v) is 13.7. The minimum atomic E-state index is -3.32. The quantitative estimate of drug-likeness (QED) is 0.779. The number of nitrogens with zero attached hydrogens (tertiary/aromatic N) is 1. The van der Waals surface area contributed by atoms with Crippen LogP contribution in [0.25, 0.3) is 0 Å². The second-order valence-corrected chi connectivity index (χ2v) is 8.16. The Morgan fingerprint density at radius 1 is 1.25 bits per heavy atom.